The van der Waals surface area contributed by atoms with E-state index in [0.717, 1.165) is 49.8 Å². The minimum atomic E-state index is -0.112. The Labute approximate surface area is 159 Å². The first-order valence-electron chi connectivity index (χ1n) is 9.27. The highest BCUT2D eigenvalue weighted by molar-refractivity contribution is 5.80. The van der Waals surface area contributed by atoms with Crippen LogP contribution < -0.4 is 5.32 Å². The first-order chi connectivity index (χ1) is 13.2. The number of esters is 1. The molecule has 0 aliphatic carbocycles. The van der Waals surface area contributed by atoms with Gasteiger partial charge in [0.15, 0.2) is 11.8 Å². The summed E-state index contributed by atoms with van der Waals surface area (Å²) in [5.41, 5.74) is 1.07. The Morgan fingerprint density at radius 3 is 2.85 bits per heavy atom. The Kier molecular flexibility index (Phi) is 6.40. The summed E-state index contributed by atoms with van der Waals surface area (Å²) >= 11 is 0. The molecule has 0 radical (unpaired) electrons. The molecule has 0 saturated carbocycles. The largest absolute Gasteiger partial charge is 0.469 e. The SMILES string of the molecule is CCNC(=NCc1ccnc(-n2cccn2)c1)N1CCC(C(=O)OC)CC1. The third-order valence-corrected chi connectivity index (χ3v) is 4.62. The number of carbonyl (C=O) groups excluding carboxylic acids is 1. The molecule has 1 N–H and O–H groups in total. The van der Waals surface area contributed by atoms with Crippen molar-refractivity contribution in [2.45, 2.75) is 26.3 Å². The zero-order valence-electron chi connectivity index (χ0n) is 15.8. The van der Waals surface area contributed by atoms with Gasteiger partial charge in [-0.1, -0.05) is 0 Å². The molecule has 3 rings (SSSR count). The lowest BCUT2D eigenvalue weighted by Crippen LogP contribution is -2.46. The molecular weight excluding hydrogens is 344 g/mol. The van der Waals surface area contributed by atoms with Crippen LogP contribution in [0.5, 0.6) is 0 Å². The molecule has 0 amide bonds. The molecule has 3 heterocycles. The number of hydrogen-bond acceptors (Lipinski definition) is 5. The number of carbonyl (C=O) groups is 1. The molecule has 27 heavy (non-hydrogen) atoms. The second kappa shape index (κ2) is 9.16. The standard InChI is InChI=1S/C19H26N6O2/c1-3-20-19(24-11-6-16(7-12-24)18(26)27-2)22-14-15-5-9-21-17(13-15)25-10-4-8-23-25/h4-5,8-10,13,16H,3,6-7,11-12,14H2,1-2H3,(H,20,22). The smallest absolute Gasteiger partial charge is 0.308 e. The van der Waals surface area contributed by atoms with E-state index in [1.165, 1.54) is 7.11 Å². The van der Waals surface area contributed by atoms with Crippen molar-refractivity contribution < 1.29 is 9.53 Å². The van der Waals surface area contributed by atoms with Crippen LogP contribution in [0, 0.1) is 5.92 Å². The van der Waals surface area contributed by atoms with E-state index in [0.29, 0.717) is 6.54 Å². The number of aromatic nitrogens is 3. The Hall–Kier alpha value is -2.90. The van der Waals surface area contributed by atoms with E-state index in [4.69, 9.17) is 9.73 Å². The summed E-state index contributed by atoms with van der Waals surface area (Å²) in [4.78, 5) is 23.0. The van der Waals surface area contributed by atoms with Gasteiger partial charge in [0.05, 0.1) is 19.6 Å². The van der Waals surface area contributed by atoms with Gasteiger partial charge in [0, 0.05) is 38.2 Å². The van der Waals surface area contributed by atoms with E-state index in [2.05, 4.69) is 27.2 Å². The van der Waals surface area contributed by atoms with E-state index in [-0.39, 0.29) is 11.9 Å². The van der Waals surface area contributed by atoms with Crippen molar-refractivity contribution in [2.75, 3.05) is 26.7 Å². The number of pyridine rings is 1. The van der Waals surface area contributed by atoms with E-state index in [1.807, 2.05) is 24.4 Å². The zero-order chi connectivity index (χ0) is 19.1. The van der Waals surface area contributed by atoms with Crippen LogP contribution in [-0.4, -0.2) is 58.3 Å². The van der Waals surface area contributed by atoms with Crippen LogP contribution in [0.4, 0.5) is 0 Å². The number of piperidine rings is 1. The summed E-state index contributed by atoms with van der Waals surface area (Å²) in [6.45, 7) is 4.99. The molecule has 0 bridgehead atoms. The van der Waals surface area contributed by atoms with Crippen LogP contribution in [0.1, 0.15) is 25.3 Å². The zero-order valence-corrected chi connectivity index (χ0v) is 15.8. The fourth-order valence-corrected chi connectivity index (χ4v) is 3.17. The highest BCUT2D eigenvalue weighted by atomic mass is 16.5. The summed E-state index contributed by atoms with van der Waals surface area (Å²) in [6, 6.07) is 5.82. The van der Waals surface area contributed by atoms with Gasteiger partial charge in [-0.05, 0) is 43.5 Å². The number of aliphatic imine (C=N–C) groups is 1. The lowest BCUT2D eigenvalue weighted by molar-refractivity contribution is -0.146. The summed E-state index contributed by atoms with van der Waals surface area (Å²) in [5.74, 6) is 1.53. The second-order valence-electron chi connectivity index (χ2n) is 6.43. The van der Waals surface area contributed by atoms with Crippen LogP contribution in [0.15, 0.2) is 41.8 Å². The number of hydrogen-bond donors (Lipinski definition) is 1. The molecule has 1 aliphatic rings. The lowest BCUT2D eigenvalue weighted by Gasteiger charge is -2.33. The van der Waals surface area contributed by atoms with Gasteiger partial charge in [-0.15, -0.1) is 0 Å². The van der Waals surface area contributed by atoms with E-state index >= 15 is 0 Å². The second-order valence-corrected chi connectivity index (χ2v) is 6.43. The van der Waals surface area contributed by atoms with Gasteiger partial charge in [-0.2, -0.15) is 5.10 Å². The normalized spacial score (nSPS) is 15.6. The molecule has 1 aliphatic heterocycles. The summed E-state index contributed by atoms with van der Waals surface area (Å²) < 4.78 is 6.60. The predicted molar refractivity (Wildman–Crippen MR) is 102 cm³/mol. The van der Waals surface area contributed by atoms with Crippen molar-refractivity contribution >= 4 is 11.9 Å². The minimum Gasteiger partial charge on any atom is -0.469 e. The van der Waals surface area contributed by atoms with Crippen LogP contribution in [0.3, 0.4) is 0 Å². The molecule has 2 aromatic rings. The molecule has 1 saturated heterocycles. The third-order valence-electron chi connectivity index (χ3n) is 4.62. The summed E-state index contributed by atoms with van der Waals surface area (Å²) in [6.07, 6.45) is 6.95. The Bertz CT molecular complexity index is 766. The Morgan fingerprint density at radius 1 is 1.37 bits per heavy atom. The van der Waals surface area contributed by atoms with Crippen molar-refractivity contribution in [3.8, 4) is 5.82 Å². The average molecular weight is 370 g/mol. The minimum absolute atomic E-state index is 0.00838. The quantitative estimate of drug-likeness (QED) is 0.489. The van der Waals surface area contributed by atoms with Crippen molar-refractivity contribution in [3.63, 3.8) is 0 Å². The number of methoxy groups -OCH3 is 1. The molecule has 0 unspecified atom stereocenters. The predicted octanol–water partition coefficient (Wildman–Crippen LogP) is 1.62. The first kappa shape index (κ1) is 18.9. The Balaban J connectivity index is 1.66. The Morgan fingerprint density at radius 2 is 2.19 bits per heavy atom. The lowest BCUT2D eigenvalue weighted by atomic mass is 9.97. The monoisotopic (exact) mass is 370 g/mol. The van der Waals surface area contributed by atoms with Gasteiger partial charge in [0.1, 0.15) is 0 Å². The molecule has 1 fully saturated rings. The molecule has 0 atom stereocenters. The van der Waals surface area contributed by atoms with E-state index in [1.54, 1.807) is 17.1 Å². The third kappa shape index (κ3) is 4.84. The molecule has 8 heteroatoms. The number of nitrogens with one attached hydrogen (secondary N) is 1. The van der Waals surface area contributed by atoms with Crippen LogP contribution in [0.25, 0.3) is 5.82 Å². The summed E-state index contributed by atoms with van der Waals surface area (Å²) in [7, 11) is 1.45. The summed E-state index contributed by atoms with van der Waals surface area (Å²) in [5, 5.41) is 7.56. The fourth-order valence-electron chi connectivity index (χ4n) is 3.17. The molecule has 0 aromatic carbocycles. The number of likely N-dealkylation sites (tertiary alicyclic amines) is 1. The fraction of sp³-hybridized carbons (Fsp3) is 0.474. The molecular formula is C19H26N6O2. The maximum Gasteiger partial charge on any atom is 0.308 e. The van der Waals surface area contributed by atoms with Crippen LogP contribution in [0.2, 0.25) is 0 Å². The van der Waals surface area contributed by atoms with Gasteiger partial charge >= 0.3 is 5.97 Å². The number of rotatable bonds is 5. The topological polar surface area (TPSA) is 84.6 Å². The van der Waals surface area contributed by atoms with Crippen molar-refractivity contribution in [3.05, 3.63) is 42.4 Å². The maximum atomic E-state index is 11.7. The molecule has 0 spiro atoms. The van der Waals surface area contributed by atoms with Gasteiger partial charge < -0.3 is 15.0 Å². The average Bonchev–Trinajstić information content (AvgIpc) is 3.26. The molecule has 8 nitrogen and oxygen atoms in total. The number of guanidine groups is 1. The molecule has 2 aromatic heterocycles. The van der Waals surface area contributed by atoms with Gasteiger partial charge in [-0.25, -0.2) is 14.7 Å². The van der Waals surface area contributed by atoms with Gasteiger partial charge in [-0.3, -0.25) is 4.79 Å². The van der Waals surface area contributed by atoms with E-state index < -0.39 is 0 Å². The van der Waals surface area contributed by atoms with E-state index in [9.17, 15) is 4.79 Å². The number of ether oxygens (including phenoxy) is 1. The first-order valence-corrected chi connectivity index (χ1v) is 9.27. The number of nitrogens with zero attached hydrogens (tertiary/aromatic N) is 5. The van der Waals surface area contributed by atoms with Crippen LogP contribution in [-0.2, 0) is 16.1 Å². The van der Waals surface area contributed by atoms with Crippen molar-refractivity contribution in [1.82, 2.24) is 25.0 Å². The van der Waals surface area contributed by atoms with Crippen LogP contribution >= 0.6 is 0 Å². The van der Waals surface area contributed by atoms with Crippen molar-refractivity contribution in [2.24, 2.45) is 10.9 Å². The van der Waals surface area contributed by atoms with Crippen molar-refractivity contribution in [1.29, 1.82) is 0 Å². The van der Waals surface area contributed by atoms with Gasteiger partial charge in [0.25, 0.3) is 0 Å². The highest BCUT2D eigenvalue weighted by Crippen LogP contribution is 2.18. The van der Waals surface area contributed by atoms with Gasteiger partial charge in [0.2, 0.25) is 0 Å². The highest BCUT2D eigenvalue weighted by Gasteiger charge is 2.26. The molecule has 144 valence electrons. The maximum absolute atomic E-state index is 11.7.